The molecule has 1 aliphatic rings. The van der Waals surface area contributed by atoms with Crippen molar-refractivity contribution in [3.8, 4) is 0 Å². The lowest BCUT2D eigenvalue weighted by Gasteiger charge is -2.30. The number of nitrogens with one attached hydrogen (secondary N) is 2. The maximum Gasteiger partial charge on any atom is 0.481 e. The van der Waals surface area contributed by atoms with Gasteiger partial charge in [-0.05, 0) is 25.7 Å². The van der Waals surface area contributed by atoms with Crippen molar-refractivity contribution in [3.05, 3.63) is 61.3 Å². The zero-order chi connectivity index (χ0) is 49.7. The van der Waals surface area contributed by atoms with Gasteiger partial charge in [0.1, 0.15) is 36.3 Å². The molecule has 24 nitrogen and oxygen atoms in total. The van der Waals surface area contributed by atoms with Crippen molar-refractivity contribution >= 4 is 69.1 Å². The lowest BCUT2D eigenvalue weighted by Crippen LogP contribution is -2.46. The number of amides is 2. The number of fused-ring (bicyclic) bond motifs is 1. The number of nitrogen functional groups attached to an aromatic ring is 1. The molecule has 0 saturated carbocycles. The third-order valence-corrected chi connectivity index (χ3v) is 13.6. The number of imidazole rings is 1. The maximum atomic E-state index is 12.7. The van der Waals surface area contributed by atoms with Crippen LogP contribution in [0, 0.1) is 5.41 Å². The van der Waals surface area contributed by atoms with Gasteiger partial charge >= 0.3 is 23.5 Å². The van der Waals surface area contributed by atoms with Gasteiger partial charge in [0.2, 0.25) is 11.8 Å². The van der Waals surface area contributed by atoms with E-state index in [-0.39, 0.29) is 41.6 Å². The van der Waals surface area contributed by atoms with Crippen molar-refractivity contribution in [2.75, 3.05) is 37.8 Å². The second-order valence-electron chi connectivity index (χ2n) is 15.6. The van der Waals surface area contributed by atoms with E-state index in [9.17, 15) is 57.9 Å². The molecule has 2 aromatic heterocycles. The summed E-state index contributed by atoms with van der Waals surface area (Å²) in [7, 11) is -16.4. The second kappa shape index (κ2) is 28.3. The third-order valence-electron chi connectivity index (χ3n) is 9.58. The number of anilines is 1. The molecular formula is C39H62N7O17P3S. The van der Waals surface area contributed by atoms with Gasteiger partial charge in [0.25, 0.3) is 0 Å². The van der Waals surface area contributed by atoms with Gasteiger partial charge in [0, 0.05) is 37.1 Å². The van der Waals surface area contributed by atoms with E-state index in [1.807, 2.05) is 36.5 Å². The maximum absolute atomic E-state index is 12.7. The predicted molar refractivity (Wildman–Crippen MR) is 246 cm³/mol. The van der Waals surface area contributed by atoms with Crippen LogP contribution in [0.5, 0.6) is 0 Å². The van der Waals surface area contributed by atoms with Crippen molar-refractivity contribution < 1.29 is 80.5 Å². The number of hydrogen-bond donors (Lipinski definition) is 9. The smallest absolute Gasteiger partial charge is 0.386 e. The molecule has 0 radical (unpaired) electrons. The molecule has 10 N–H and O–H groups in total. The van der Waals surface area contributed by atoms with Crippen molar-refractivity contribution in [2.24, 2.45) is 5.41 Å². The number of ether oxygens (including phenoxy) is 1. The van der Waals surface area contributed by atoms with Gasteiger partial charge in [-0.25, -0.2) is 28.6 Å². The summed E-state index contributed by atoms with van der Waals surface area (Å²) >= 11 is 1.13. The SMILES string of the molecule is CC/C=C/C=C\C=C/C=C/CCCCCCCC(=O)SCCNC(=O)CCNC(=O)[C@H](O)C(C)(C)COP(=O)(O)OP(=O)(O)OC[C@H]1O[C@@H](n2cnc3c(N)ncnc32)[C@H](O)[C@@H]1OP(=O)(O)O. The van der Waals surface area contributed by atoms with Gasteiger partial charge in [0.15, 0.2) is 22.8 Å². The lowest BCUT2D eigenvalue weighted by atomic mass is 9.87. The van der Waals surface area contributed by atoms with Gasteiger partial charge in [0.05, 0.1) is 19.5 Å². The van der Waals surface area contributed by atoms with Crippen LogP contribution in [0.2, 0.25) is 0 Å². The Morgan fingerprint density at radius 1 is 0.910 bits per heavy atom. The number of unbranched alkanes of at least 4 members (excludes halogenated alkanes) is 5. The number of carbonyl (C=O) groups excluding carboxylic acids is 3. The van der Waals surface area contributed by atoms with Crippen LogP contribution < -0.4 is 16.4 Å². The number of phosphoric acid groups is 3. The van der Waals surface area contributed by atoms with Crippen LogP contribution in [0.1, 0.15) is 84.8 Å². The number of aromatic nitrogens is 4. The van der Waals surface area contributed by atoms with Crippen molar-refractivity contribution in [1.29, 1.82) is 0 Å². The minimum absolute atomic E-state index is 0.0308. The van der Waals surface area contributed by atoms with Crippen LogP contribution in [0.3, 0.4) is 0 Å². The van der Waals surface area contributed by atoms with Gasteiger partial charge in [-0.15, -0.1) is 0 Å². The first kappa shape index (κ1) is 57.8. The molecule has 1 fully saturated rings. The zero-order valence-corrected chi connectivity index (χ0v) is 40.8. The normalized spacial score (nSPS) is 20.6. The molecule has 1 aliphatic heterocycles. The number of nitrogens with zero attached hydrogens (tertiary/aromatic N) is 4. The molecular weight excluding hydrogens is 963 g/mol. The van der Waals surface area contributed by atoms with E-state index >= 15 is 0 Å². The number of rotatable bonds is 31. The molecule has 0 spiro atoms. The largest absolute Gasteiger partial charge is 0.481 e. The molecule has 1 saturated heterocycles. The molecule has 0 bridgehead atoms. The Labute approximate surface area is 392 Å². The summed E-state index contributed by atoms with van der Waals surface area (Å²) in [4.78, 5) is 88.3. The Balaban J connectivity index is 1.32. The standard InChI is InChI=1S/C39H62N7O17P3S/c1-4-5-6-7-8-9-10-11-12-13-14-15-16-17-18-19-30(48)67-23-22-41-29(47)20-21-42-37(51)34(50)39(2,3)25-60-66(57,58)63-65(55,56)59-24-28-33(62-64(52,53)54)32(49)38(61-28)46-27-45-31-35(40)43-26-44-36(31)46/h5-12,26-28,32-34,38,49-50H,4,13-25H2,1-3H3,(H,41,47)(H,42,51)(H,55,56)(H,57,58)(H2,40,43,44)(H2,52,53,54)/b6-5+,8-7-,10-9-,12-11+/t28-,32-,33-,34+,38-/m1/s1. The highest BCUT2D eigenvalue weighted by Crippen LogP contribution is 2.61. The average molecular weight is 1030 g/mol. The number of allylic oxidation sites excluding steroid dienone is 8. The summed E-state index contributed by atoms with van der Waals surface area (Å²) in [6.07, 6.45) is 16.8. The minimum atomic E-state index is -5.58. The first-order chi connectivity index (χ1) is 31.6. The molecule has 28 heteroatoms. The molecule has 2 amide bonds. The summed E-state index contributed by atoms with van der Waals surface area (Å²) in [5.41, 5.74) is 4.27. The molecule has 376 valence electrons. The molecule has 2 aromatic rings. The second-order valence-corrected chi connectivity index (χ2v) is 21.0. The topological polar surface area (TPSA) is 364 Å². The van der Waals surface area contributed by atoms with Crippen molar-refractivity contribution in [3.63, 3.8) is 0 Å². The lowest BCUT2D eigenvalue weighted by molar-refractivity contribution is -0.137. The van der Waals surface area contributed by atoms with Crippen LogP contribution in [-0.4, -0.2) is 123 Å². The van der Waals surface area contributed by atoms with Crippen molar-refractivity contribution in [2.45, 2.75) is 109 Å². The van der Waals surface area contributed by atoms with E-state index in [0.29, 0.717) is 12.2 Å². The van der Waals surface area contributed by atoms with Crippen LogP contribution >= 0.6 is 35.2 Å². The van der Waals surface area contributed by atoms with E-state index in [1.54, 1.807) is 0 Å². The Morgan fingerprint density at radius 3 is 2.27 bits per heavy atom. The molecule has 2 unspecified atom stereocenters. The molecule has 0 aliphatic carbocycles. The first-order valence-electron chi connectivity index (χ1n) is 21.3. The Bertz CT molecular complexity index is 2190. The van der Waals surface area contributed by atoms with E-state index in [4.69, 9.17) is 19.5 Å². The Hall–Kier alpha value is -3.48. The minimum Gasteiger partial charge on any atom is -0.386 e. The highest BCUT2D eigenvalue weighted by atomic mass is 32.2. The monoisotopic (exact) mass is 1030 g/mol. The number of hydrogen-bond acceptors (Lipinski definition) is 18. The molecule has 3 heterocycles. The Morgan fingerprint density at radius 2 is 1.57 bits per heavy atom. The van der Waals surface area contributed by atoms with Gasteiger partial charge < -0.3 is 50.9 Å². The number of aliphatic hydroxyl groups is 2. The van der Waals surface area contributed by atoms with Gasteiger partial charge in [-0.3, -0.25) is 32.5 Å². The Kier molecular flexibility index (Phi) is 24.4. The number of carbonyl (C=O) groups is 3. The number of aliphatic hydroxyl groups excluding tert-OH is 2. The highest BCUT2D eigenvalue weighted by Gasteiger charge is 2.50. The molecule has 0 aromatic carbocycles. The predicted octanol–water partition coefficient (Wildman–Crippen LogP) is 4.03. The van der Waals surface area contributed by atoms with Crippen LogP contribution in [0.15, 0.2) is 61.3 Å². The van der Waals surface area contributed by atoms with Crippen LogP contribution in [0.25, 0.3) is 11.2 Å². The summed E-state index contributed by atoms with van der Waals surface area (Å²) in [5, 5.41) is 26.6. The third kappa shape index (κ3) is 21.4. The van der Waals surface area contributed by atoms with E-state index in [0.717, 1.165) is 73.9 Å². The van der Waals surface area contributed by atoms with Gasteiger partial charge in [-0.2, -0.15) is 4.31 Å². The van der Waals surface area contributed by atoms with Crippen LogP contribution in [0.4, 0.5) is 5.82 Å². The quantitative estimate of drug-likeness (QED) is 0.0292. The van der Waals surface area contributed by atoms with Crippen molar-refractivity contribution in [1.82, 2.24) is 30.2 Å². The first-order valence-corrected chi connectivity index (χ1v) is 26.8. The van der Waals surface area contributed by atoms with Gasteiger partial charge in [-0.1, -0.05) is 100 Å². The van der Waals surface area contributed by atoms with Crippen LogP contribution in [-0.2, 0) is 50.7 Å². The number of phosphoric ester groups is 3. The molecule has 67 heavy (non-hydrogen) atoms. The fraction of sp³-hybridized carbons (Fsp3) is 0.590. The summed E-state index contributed by atoms with van der Waals surface area (Å²) in [6, 6.07) is 0. The summed E-state index contributed by atoms with van der Waals surface area (Å²) in [5.74, 6) is -1.06. The number of thioether (sulfide) groups is 1. The van der Waals surface area contributed by atoms with E-state index in [1.165, 1.54) is 13.8 Å². The molecule has 7 atom stereocenters. The van der Waals surface area contributed by atoms with E-state index < -0.39 is 84.6 Å². The fourth-order valence-electron chi connectivity index (χ4n) is 6.08. The highest BCUT2D eigenvalue weighted by molar-refractivity contribution is 8.13. The summed E-state index contributed by atoms with van der Waals surface area (Å²) in [6.45, 7) is 2.62. The number of nitrogens with two attached hydrogens (primary N) is 1. The average Bonchev–Trinajstić information content (AvgIpc) is 3.81. The summed E-state index contributed by atoms with van der Waals surface area (Å²) < 4.78 is 62.4. The zero-order valence-electron chi connectivity index (χ0n) is 37.3. The van der Waals surface area contributed by atoms with E-state index in [2.05, 4.69) is 53.5 Å². The fourth-order valence-corrected chi connectivity index (χ4v) is 9.62. The molecule has 3 rings (SSSR count).